The fourth-order valence-corrected chi connectivity index (χ4v) is 1.50. The van der Waals surface area contributed by atoms with Gasteiger partial charge in [0.1, 0.15) is 0 Å². The van der Waals surface area contributed by atoms with Crippen LogP contribution in [0.3, 0.4) is 0 Å². The van der Waals surface area contributed by atoms with Crippen LogP contribution >= 0.6 is 12.4 Å². The number of nitrogens with one attached hydrogen (secondary N) is 1. The van der Waals surface area contributed by atoms with Gasteiger partial charge in [0.25, 0.3) is 11.8 Å². The molecule has 2 amide bonds. The van der Waals surface area contributed by atoms with Gasteiger partial charge in [-0.2, -0.15) is 0 Å². The predicted molar refractivity (Wildman–Crippen MR) is 63.8 cm³/mol. The molecule has 0 saturated carbocycles. The fraction of sp³-hybridized carbons (Fsp3) is 0.600. The van der Waals surface area contributed by atoms with E-state index in [0.29, 0.717) is 6.54 Å². The van der Waals surface area contributed by atoms with Crippen molar-refractivity contribution in [1.29, 1.82) is 0 Å². The summed E-state index contributed by atoms with van der Waals surface area (Å²) in [6.07, 6.45) is 6.61. The molecule has 5 nitrogen and oxygen atoms in total. The molecule has 1 heterocycles. The van der Waals surface area contributed by atoms with Gasteiger partial charge in [-0.1, -0.05) is 12.8 Å². The Kier molecular flexibility index (Phi) is 7.80. The lowest BCUT2D eigenvalue weighted by Gasteiger charge is -2.12. The SMILES string of the molecule is Cl.NNCCCCCCN1C(=O)C=CC1=O. The number of unbranched alkanes of at least 4 members (excludes halogenated alkanes) is 3. The first kappa shape index (κ1) is 15.1. The maximum Gasteiger partial charge on any atom is 0.253 e. The maximum atomic E-state index is 11.1. The highest BCUT2D eigenvalue weighted by atomic mass is 35.5. The van der Waals surface area contributed by atoms with Gasteiger partial charge in [-0.25, -0.2) is 0 Å². The Morgan fingerprint density at radius 1 is 1.06 bits per heavy atom. The van der Waals surface area contributed by atoms with Gasteiger partial charge in [0.05, 0.1) is 0 Å². The van der Waals surface area contributed by atoms with Crippen molar-refractivity contribution in [1.82, 2.24) is 10.3 Å². The molecular formula is C10H18ClN3O2. The van der Waals surface area contributed by atoms with Crippen LogP contribution in [0, 0.1) is 0 Å². The van der Waals surface area contributed by atoms with Gasteiger partial charge in [-0.05, 0) is 12.8 Å². The summed E-state index contributed by atoms with van der Waals surface area (Å²) in [5.41, 5.74) is 2.59. The second kappa shape index (κ2) is 8.27. The molecule has 0 radical (unpaired) electrons. The number of nitrogens with zero attached hydrogens (tertiary/aromatic N) is 1. The maximum absolute atomic E-state index is 11.1. The number of nitrogens with two attached hydrogens (primary N) is 1. The lowest BCUT2D eigenvalue weighted by molar-refractivity contribution is -0.136. The predicted octanol–water partition coefficient (Wildman–Crippen LogP) is 0.357. The van der Waals surface area contributed by atoms with E-state index in [-0.39, 0.29) is 24.2 Å². The number of hydrogen-bond acceptors (Lipinski definition) is 4. The van der Waals surface area contributed by atoms with Crippen LogP contribution in [0.4, 0.5) is 0 Å². The van der Waals surface area contributed by atoms with Crippen molar-refractivity contribution in [2.45, 2.75) is 25.7 Å². The third-order valence-electron chi connectivity index (χ3n) is 2.35. The number of imide groups is 1. The van der Waals surface area contributed by atoms with Crippen LogP contribution in [0.25, 0.3) is 0 Å². The van der Waals surface area contributed by atoms with Crippen LogP contribution in [-0.4, -0.2) is 29.8 Å². The summed E-state index contributed by atoms with van der Waals surface area (Å²) in [6.45, 7) is 1.34. The van der Waals surface area contributed by atoms with Crippen molar-refractivity contribution in [2.75, 3.05) is 13.1 Å². The van der Waals surface area contributed by atoms with E-state index in [4.69, 9.17) is 5.84 Å². The van der Waals surface area contributed by atoms with Crippen molar-refractivity contribution in [2.24, 2.45) is 5.84 Å². The first-order valence-electron chi connectivity index (χ1n) is 5.22. The average molecular weight is 248 g/mol. The molecule has 0 aromatic carbocycles. The minimum atomic E-state index is -0.191. The Hall–Kier alpha value is -0.910. The molecule has 16 heavy (non-hydrogen) atoms. The molecular weight excluding hydrogens is 230 g/mol. The van der Waals surface area contributed by atoms with E-state index in [2.05, 4.69) is 5.43 Å². The molecule has 1 rings (SSSR count). The molecule has 0 saturated heterocycles. The Bertz CT molecular complexity index is 251. The molecule has 6 heteroatoms. The largest absolute Gasteiger partial charge is 0.275 e. The quantitative estimate of drug-likeness (QED) is 0.295. The number of amides is 2. The van der Waals surface area contributed by atoms with E-state index in [1.165, 1.54) is 17.1 Å². The minimum Gasteiger partial charge on any atom is -0.275 e. The summed E-state index contributed by atoms with van der Waals surface area (Å²) in [4.78, 5) is 23.6. The van der Waals surface area contributed by atoms with Crippen LogP contribution in [0.1, 0.15) is 25.7 Å². The second-order valence-electron chi connectivity index (χ2n) is 3.53. The Balaban J connectivity index is 0.00000225. The minimum absolute atomic E-state index is 0. The third kappa shape index (κ3) is 4.74. The summed E-state index contributed by atoms with van der Waals surface area (Å²) in [6, 6.07) is 0. The van der Waals surface area contributed by atoms with Gasteiger partial charge in [0, 0.05) is 25.2 Å². The highest BCUT2D eigenvalue weighted by molar-refractivity contribution is 6.12. The van der Waals surface area contributed by atoms with E-state index >= 15 is 0 Å². The molecule has 1 aliphatic rings. The molecule has 0 aromatic heterocycles. The van der Waals surface area contributed by atoms with Crippen molar-refractivity contribution < 1.29 is 9.59 Å². The molecule has 0 atom stereocenters. The highest BCUT2D eigenvalue weighted by Gasteiger charge is 2.21. The van der Waals surface area contributed by atoms with Crippen LogP contribution in [0.15, 0.2) is 12.2 Å². The zero-order chi connectivity index (χ0) is 11.1. The Labute approximate surface area is 101 Å². The summed E-state index contributed by atoms with van der Waals surface area (Å²) in [5.74, 6) is 4.74. The Morgan fingerprint density at radius 2 is 1.62 bits per heavy atom. The monoisotopic (exact) mass is 247 g/mol. The summed E-state index contributed by atoms with van der Waals surface area (Å²) in [5, 5.41) is 0. The standard InChI is InChI=1S/C10H17N3O2.ClH/c11-12-7-3-1-2-4-8-13-9(14)5-6-10(13)15;/h5-6,12H,1-4,7-8,11H2;1H. The van der Waals surface area contributed by atoms with Crippen molar-refractivity contribution in [3.05, 3.63) is 12.2 Å². The van der Waals surface area contributed by atoms with Crippen LogP contribution in [-0.2, 0) is 9.59 Å². The number of carbonyl (C=O) groups is 2. The molecule has 0 spiro atoms. The zero-order valence-electron chi connectivity index (χ0n) is 9.15. The van der Waals surface area contributed by atoms with E-state index in [9.17, 15) is 9.59 Å². The number of carbonyl (C=O) groups excluding carboxylic acids is 2. The van der Waals surface area contributed by atoms with Crippen molar-refractivity contribution >= 4 is 24.2 Å². The second-order valence-corrected chi connectivity index (χ2v) is 3.53. The van der Waals surface area contributed by atoms with E-state index in [1.807, 2.05) is 0 Å². The highest BCUT2D eigenvalue weighted by Crippen LogP contribution is 2.07. The zero-order valence-corrected chi connectivity index (χ0v) is 9.96. The molecule has 0 unspecified atom stereocenters. The summed E-state index contributed by atoms with van der Waals surface area (Å²) < 4.78 is 0. The molecule has 0 bridgehead atoms. The van der Waals surface area contributed by atoms with Gasteiger partial charge in [0.15, 0.2) is 0 Å². The van der Waals surface area contributed by atoms with E-state index in [0.717, 1.165) is 32.2 Å². The van der Waals surface area contributed by atoms with Gasteiger partial charge in [-0.15, -0.1) is 12.4 Å². The summed E-state index contributed by atoms with van der Waals surface area (Å²) >= 11 is 0. The molecule has 0 aliphatic carbocycles. The van der Waals surface area contributed by atoms with Crippen molar-refractivity contribution in [3.8, 4) is 0 Å². The summed E-state index contributed by atoms with van der Waals surface area (Å²) in [7, 11) is 0. The molecule has 92 valence electrons. The van der Waals surface area contributed by atoms with E-state index < -0.39 is 0 Å². The first-order chi connectivity index (χ1) is 7.25. The Morgan fingerprint density at radius 3 is 2.19 bits per heavy atom. The van der Waals surface area contributed by atoms with Crippen LogP contribution in [0.2, 0.25) is 0 Å². The first-order valence-corrected chi connectivity index (χ1v) is 5.22. The van der Waals surface area contributed by atoms with Crippen LogP contribution < -0.4 is 11.3 Å². The van der Waals surface area contributed by atoms with Gasteiger partial charge < -0.3 is 0 Å². The van der Waals surface area contributed by atoms with Gasteiger partial charge in [0.2, 0.25) is 0 Å². The molecule has 3 N–H and O–H groups in total. The number of hydrazine groups is 1. The molecule has 0 fully saturated rings. The number of halogens is 1. The average Bonchev–Trinajstić information content (AvgIpc) is 2.54. The lowest BCUT2D eigenvalue weighted by atomic mass is 10.2. The number of rotatable bonds is 7. The van der Waals surface area contributed by atoms with Crippen LogP contribution in [0.5, 0.6) is 0 Å². The van der Waals surface area contributed by atoms with E-state index in [1.54, 1.807) is 0 Å². The normalized spacial score (nSPS) is 14.4. The van der Waals surface area contributed by atoms with Crippen molar-refractivity contribution in [3.63, 3.8) is 0 Å². The van der Waals surface area contributed by atoms with Gasteiger partial charge in [-0.3, -0.25) is 25.8 Å². The smallest absolute Gasteiger partial charge is 0.253 e. The third-order valence-corrected chi connectivity index (χ3v) is 2.35. The lowest BCUT2D eigenvalue weighted by Crippen LogP contribution is -2.30. The topological polar surface area (TPSA) is 75.4 Å². The fourth-order valence-electron chi connectivity index (χ4n) is 1.50. The molecule has 0 aromatic rings. The molecule has 1 aliphatic heterocycles. The van der Waals surface area contributed by atoms with Gasteiger partial charge >= 0.3 is 0 Å². The number of hydrogen-bond donors (Lipinski definition) is 2.